The molecule has 0 spiro atoms. The first kappa shape index (κ1) is 14.4. The minimum absolute atomic E-state index is 0.0704. The number of aromatic nitrogens is 2. The van der Waals surface area contributed by atoms with E-state index in [1.54, 1.807) is 0 Å². The quantitative estimate of drug-likeness (QED) is 0.592. The van der Waals surface area contributed by atoms with E-state index in [1.807, 2.05) is 11.8 Å². The van der Waals surface area contributed by atoms with Crippen molar-refractivity contribution >= 4 is 17.3 Å². The van der Waals surface area contributed by atoms with Gasteiger partial charge in [-0.2, -0.15) is 0 Å². The third-order valence-corrected chi connectivity index (χ3v) is 3.45. The zero-order chi connectivity index (χ0) is 14.5. The molecule has 0 radical (unpaired) electrons. The van der Waals surface area contributed by atoms with Crippen LogP contribution in [0, 0.1) is 16.0 Å². The molecule has 1 saturated heterocycles. The van der Waals surface area contributed by atoms with Crippen molar-refractivity contribution in [1.29, 1.82) is 0 Å². The molecule has 0 saturated carbocycles. The molecule has 0 amide bonds. The van der Waals surface area contributed by atoms with Crippen molar-refractivity contribution in [3.63, 3.8) is 0 Å². The molecule has 20 heavy (non-hydrogen) atoms. The van der Waals surface area contributed by atoms with Gasteiger partial charge < -0.3 is 15.3 Å². The summed E-state index contributed by atoms with van der Waals surface area (Å²) in [6.07, 6.45) is 2.98. The molecule has 1 aliphatic heterocycles. The number of nitrogens with one attached hydrogen (secondary N) is 1. The first-order valence-electron chi connectivity index (χ1n) is 6.76. The van der Waals surface area contributed by atoms with Crippen LogP contribution in [-0.2, 0) is 0 Å². The average Bonchev–Trinajstić information content (AvgIpc) is 2.87. The lowest BCUT2D eigenvalue weighted by molar-refractivity contribution is -0.383. The van der Waals surface area contributed by atoms with Gasteiger partial charge in [-0.3, -0.25) is 10.1 Å². The van der Waals surface area contributed by atoms with Crippen molar-refractivity contribution < 1.29 is 10.0 Å². The van der Waals surface area contributed by atoms with Gasteiger partial charge in [-0.05, 0) is 25.7 Å². The van der Waals surface area contributed by atoms with Gasteiger partial charge in [0.25, 0.3) is 0 Å². The van der Waals surface area contributed by atoms with Crippen molar-refractivity contribution in [2.45, 2.75) is 19.8 Å². The molecule has 0 aliphatic carbocycles. The third-order valence-electron chi connectivity index (χ3n) is 3.45. The number of anilines is 2. The number of hydrogen-bond donors (Lipinski definition) is 2. The summed E-state index contributed by atoms with van der Waals surface area (Å²) >= 11 is 0. The lowest BCUT2D eigenvalue weighted by Gasteiger charge is -2.18. The SMILES string of the molecule is CCNc1ncnc(N2CCC(CCO)C2)c1[N+](=O)[O-]. The van der Waals surface area contributed by atoms with E-state index in [4.69, 9.17) is 5.11 Å². The maximum Gasteiger partial charge on any atom is 0.353 e. The van der Waals surface area contributed by atoms with Crippen LogP contribution in [0.3, 0.4) is 0 Å². The van der Waals surface area contributed by atoms with Gasteiger partial charge in [-0.25, -0.2) is 9.97 Å². The van der Waals surface area contributed by atoms with Gasteiger partial charge in [0, 0.05) is 26.2 Å². The van der Waals surface area contributed by atoms with Gasteiger partial charge in [-0.1, -0.05) is 0 Å². The van der Waals surface area contributed by atoms with Crippen LogP contribution in [0.1, 0.15) is 19.8 Å². The monoisotopic (exact) mass is 281 g/mol. The van der Waals surface area contributed by atoms with E-state index in [0.717, 1.165) is 12.8 Å². The predicted molar refractivity (Wildman–Crippen MR) is 74.9 cm³/mol. The Morgan fingerprint density at radius 2 is 2.40 bits per heavy atom. The van der Waals surface area contributed by atoms with E-state index in [9.17, 15) is 10.1 Å². The summed E-state index contributed by atoms with van der Waals surface area (Å²) in [5.74, 6) is 0.978. The van der Waals surface area contributed by atoms with Crippen LogP contribution in [0.15, 0.2) is 6.33 Å². The predicted octanol–water partition coefficient (Wildman–Crippen LogP) is 1.03. The Morgan fingerprint density at radius 3 is 3.05 bits per heavy atom. The topological polar surface area (TPSA) is 104 Å². The number of aliphatic hydroxyl groups excluding tert-OH is 1. The van der Waals surface area contributed by atoms with Crippen molar-refractivity contribution in [2.75, 3.05) is 36.5 Å². The summed E-state index contributed by atoms with van der Waals surface area (Å²) in [4.78, 5) is 20.8. The molecule has 0 bridgehead atoms. The Hall–Kier alpha value is -1.96. The van der Waals surface area contributed by atoms with E-state index in [0.29, 0.717) is 31.4 Å². The van der Waals surface area contributed by atoms with E-state index in [1.165, 1.54) is 6.33 Å². The lowest BCUT2D eigenvalue weighted by Crippen LogP contribution is -2.23. The lowest BCUT2D eigenvalue weighted by atomic mass is 10.1. The largest absolute Gasteiger partial charge is 0.396 e. The Kier molecular flexibility index (Phi) is 4.67. The number of rotatable bonds is 6. The second-order valence-electron chi connectivity index (χ2n) is 4.79. The van der Waals surface area contributed by atoms with Gasteiger partial charge in [0.1, 0.15) is 6.33 Å². The van der Waals surface area contributed by atoms with Crippen molar-refractivity contribution in [3.8, 4) is 0 Å². The van der Waals surface area contributed by atoms with Crippen LogP contribution >= 0.6 is 0 Å². The van der Waals surface area contributed by atoms with E-state index in [2.05, 4.69) is 15.3 Å². The molecule has 0 aromatic carbocycles. The average molecular weight is 281 g/mol. The minimum atomic E-state index is -0.438. The smallest absolute Gasteiger partial charge is 0.353 e. The molecule has 1 fully saturated rings. The van der Waals surface area contributed by atoms with Crippen LogP contribution in [0.5, 0.6) is 0 Å². The van der Waals surface area contributed by atoms with Crippen molar-refractivity contribution in [3.05, 3.63) is 16.4 Å². The van der Waals surface area contributed by atoms with E-state index < -0.39 is 4.92 Å². The minimum Gasteiger partial charge on any atom is -0.396 e. The highest BCUT2D eigenvalue weighted by molar-refractivity contribution is 5.70. The zero-order valence-electron chi connectivity index (χ0n) is 11.4. The standard InChI is InChI=1S/C12H19N5O3/c1-2-13-11-10(17(19)20)12(15-8-14-11)16-5-3-9(7-16)4-6-18/h8-9,18H,2-7H2,1H3,(H,13,14,15). The fourth-order valence-corrected chi connectivity index (χ4v) is 2.51. The molecule has 2 rings (SSSR count). The van der Waals surface area contributed by atoms with Crippen LogP contribution in [-0.4, -0.2) is 46.2 Å². The second-order valence-corrected chi connectivity index (χ2v) is 4.79. The van der Waals surface area contributed by atoms with Gasteiger partial charge >= 0.3 is 5.69 Å². The Labute approximate surface area is 117 Å². The highest BCUT2D eigenvalue weighted by atomic mass is 16.6. The number of hydrogen-bond acceptors (Lipinski definition) is 7. The van der Waals surface area contributed by atoms with Gasteiger partial charge in [-0.15, -0.1) is 0 Å². The molecule has 1 atom stereocenters. The summed E-state index contributed by atoms with van der Waals surface area (Å²) in [6.45, 7) is 3.97. The Morgan fingerprint density at radius 1 is 1.60 bits per heavy atom. The first-order chi connectivity index (χ1) is 9.67. The second kappa shape index (κ2) is 6.47. The molecule has 110 valence electrons. The summed E-state index contributed by atoms with van der Waals surface area (Å²) in [5.41, 5.74) is -0.0704. The highest BCUT2D eigenvalue weighted by Crippen LogP contribution is 2.34. The normalized spacial score (nSPS) is 18.3. The fourth-order valence-electron chi connectivity index (χ4n) is 2.51. The summed E-state index contributed by atoms with van der Waals surface area (Å²) < 4.78 is 0. The maximum atomic E-state index is 11.3. The van der Waals surface area contributed by atoms with Crippen LogP contribution in [0.4, 0.5) is 17.3 Å². The van der Waals surface area contributed by atoms with Gasteiger partial charge in [0.15, 0.2) is 0 Å². The third kappa shape index (κ3) is 2.96. The first-order valence-corrected chi connectivity index (χ1v) is 6.76. The van der Waals surface area contributed by atoms with Crippen LogP contribution in [0.25, 0.3) is 0 Å². The maximum absolute atomic E-state index is 11.3. The molecule has 2 heterocycles. The molecule has 1 aromatic heterocycles. The highest BCUT2D eigenvalue weighted by Gasteiger charge is 2.31. The molecule has 1 aliphatic rings. The zero-order valence-corrected chi connectivity index (χ0v) is 11.4. The summed E-state index contributed by atoms with van der Waals surface area (Å²) in [7, 11) is 0. The summed E-state index contributed by atoms with van der Waals surface area (Å²) in [5, 5.41) is 23.2. The molecule has 1 unspecified atom stereocenters. The fraction of sp³-hybridized carbons (Fsp3) is 0.667. The Bertz CT molecular complexity index is 482. The molecular formula is C12H19N5O3. The van der Waals surface area contributed by atoms with Crippen molar-refractivity contribution in [2.24, 2.45) is 5.92 Å². The molecule has 8 heteroatoms. The van der Waals surface area contributed by atoms with E-state index >= 15 is 0 Å². The van der Waals surface area contributed by atoms with Gasteiger partial charge in [0.2, 0.25) is 11.6 Å². The summed E-state index contributed by atoms with van der Waals surface area (Å²) in [6, 6.07) is 0. The van der Waals surface area contributed by atoms with Crippen LogP contribution < -0.4 is 10.2 Å². The Balaban J connectivity index is 2.27. The van der Waals surface area contributed by atoms with Gasteiger partial charge in [0.05, 0.1) is 4.92 Å². The molecular weight excluding hydrogens is 262 g/mol. The number of nitro groups is 1. The van der Waals surface area contributed by atoms with Crippen molar-refractivity contribution in [1.82, 2.24) is 9.97 Å². The number of aliphatic hydroxyl groups is 1. The van der Waals surface area contributed by atoms with Crippen LogP contribution in [0.2, 0.25) is 0 Å². The molecule has 8 nitrogen and oxygen atoms in total. The molecule has 1 aromatic rings. The number of nitrogens with zero attached hydrogens (tertiary/aromatic N) is 4. The molecule has 2 N–H and O–H groups in total. The van der Waals surface area contributed by atoms with E-state index in [-0.39, 0.29) is 18.1 Å².